The summed E-state index contributed by atoms with van der Waals surface area (Å²) in [5.74, 6) is 0.573. The molecule has 0 aliphatic heterocycles. The third kappa shape index (κ3) is 4.77. The largest absolute Gasteiger partial charge is 0.407 e. The molecule has 22 heavy (non-hydrogen) atoms. The molecule has 0 unspecified atom stereocenters. The van der Waals surface area contributed by atoms with Crippen LogP contribution in [-0.2, 0) is 13.9 Å². The lowest BCUT2D eigenvalue weighted by molar-refractivity contribution is -0.0952. The van der Waals surface area contributed by atoms with Crippen molar-refractivity contribution in [3.05, 3.63) is 22.7 Å². The SMILES string of the molecule is CCOCO[C@@H]1C(Br)=CC=C[C@@H]1O[Si](C)(C)C(C)(C)C(C)C. The normalized spacial score (nSPS) is 23.0. The molecule has 0 amide bonds. The van der Waals surface area contributed by atoms with Gasteiger partial charge in [-0.05, 0) is 37.0 Å². The number of ether oxygens (including phenoxy) is 2. The van der Waals surface area contributed by atoms with Crippen LogP contribution in [0.25, 0.3) is 0 Å². The first-order chi connectivity index (χ1) is 10.1. The average Bonchev–Trinajstić information content (AvgIpc) is 2.41. The Hall–Kier alpha value is 0.0569. The lowest BCUT2D eigenvalue weighted by Gasteiger charge is -2.45. The fourth-order valence-electron chi connectivity index (χ4n) is 2.28. The molecular weight excluding hydrogens is 360 g/mol. The van der Waals surface area contributed by atoms with E-state index < -0.39 is 8.32 Å². The summed E-state index contributed by atoms with van der Waals surface area (Å²) in [6.07, 6.45) is 5.93. The van der Waals surface area contributed by atoms with Gasteiger partial charge in [0.2, 0.25) is 0 Å². The highest BCUT2D eigenvalue weighted by Crippen LogP contribution is 2.45. The summed E-state index contributed by atoms with van der Waals surface area (Å²) < 4.78 is 18.8. The van der Waals surface area contributed by atoms with Gasteiger partial charge in [0.15, 0.2) is 8.32 Å². The smallest absolute Gasteiger partial charge is 0.193 e. The first kappa shape index (κ1) is 20.1. The van der Waals surface area contributed by atoms with Crippen molar-refractivity contribution in [1.29, 1.82) is 0 Å². The van der Waals surface area contributed by atoms with Gasteiger partial charge in [0.1, 0.15) is 12.9 Å². The number of hydrogen-bond acceptors (Lipinski definition) is 3. The van der Waals surface area contributed by atoms with E-state index in [0.717, 1.165) is 4.48 Å². The molecule has 0 spiro atoms. The molecule has 0 aromatic heterocycles. The van der Waals surface area contributed by atoms with Crippen LogP contribution in [0.15, 0.2) is 22.7 Å². The molecule has 0 saturated carbocycles. The van der Waals surface area contributed by atoms with Crippen LogP contribution in [-0.4, -0.2) is 33.9 Å². The second-order valence-corrected chi connectivity index (χ2v) is 12.6. The third-order valence-electron chi connectivity index (χ3n) is 5.09. The van der Waals surface area contributed by atoms with Gasteiger partial charge >= 0.3 is 0 Å². The molecule has 0 saturated heterocycles. The van der Waals surface area contributed by atoms with Crippen LogP contribution in [0.5, 0.6) is 0 Å². The topological polar surface area (TPSA) is 27.7 Å². The van der Waals surface area contributed by atoms with Gasteiger partial charge in [-0.15, -0.1) is 0 Å². The van der Waals surface area contributed by atoms with E-state index in [0.29, 0.717) is 12.5 Å². The van der Waals surface area contributed by atoms with Gasteiger partial charge in [-0.2, -0.15) is 0 Å². The van der Waals surface area contributed by atoms with Crippen molar-refractivity contribution in [1.82, 2.24) is 0 Å². The summed E-state index contributed by atoms with van der Waals surface area (Å²) in [7, 11) is -1.92. The van der Waals surface area contributed by atoms with Crippen molar-refractivity contribution >= 4 is 24.2 Å². The van der Waals surface area contributed by atoms with Gasteiger partial charge in [0.25, 0.3) is 0 Å². The molecule has 0 aromatic carbocycles. The van der Waals surface area contributed by atoms with Gasteiger partial charge < -0.3 is 13.9 Å². The van der Waals surface area contributed by atoms with Crippen LogP contribution in [0.1, 0.15) is 34.6 Å². The summed E-state index contributed by atoms with van der Waals surface area (Å²) in [6.45, 7) is 16.7. The first-order valence-electron chi connectivity index (χ1n) is 8.04. The van der Waals surface area contributed by atoms with Crippen LogP contribution in [0.2, 0.25) is 18.1 Å². The molecule has 0 fully saturated rings. The number of allylic oxidation sites excluding steroid dienone is 2. The highest BCUT2D eigenvalue weighted by molar-refractivity contribution is 9.11. The van der Waals surface area contributed by atoms with Crippen LogP contribution in [0.4, 0.5) is 0 Å². The fourth-order valence-corrected chi connectivity index (χ4v) is 5.40. The Morgan fingerprint density at radius 3 is 2.50 bits per heavy atom. The minimum Gasteiger partial charge on any atom is -0.407 e. The summed E-state index contributed by atoms with van der Waals surface area (Å²) >= 11 is 3.60. The molecule has 0 heterocycles. The van der Waals surface area contributed by atoms with E-state index >= 15 is 0 Å². The number of hydrogen-bond donors (Lipinski definition) is 0. The molecule has 128 valence electrons. The Balaban J connectivity index is 2.84. The molecular formula is C17H31BrO3Si. The maximum absolute atomic E-state index is 6.62. The van der Waals surface area contributed by atoms with Crippen molar-refractivity contribution in [2.75, 3.05) is 13.4 Å². The van der Waals surface area contributed by atoms with Crippen LogP contribution >= 0.6 is 15.9 Å². The van der Waals surface area contributed by atoms with Crippen molar-refractivity contribution in [3.63, 3.8) is 0 Å². The second kappa shape index (κ2) is 8.24. The van der Waals surface area contributed by atoms with Crippen LogP contribution < -0.4 is 0 Å². The monoisotopic (exact) mass is 390 g/mol. The zero-order valence-corrected chi connectivity index (χ0v) is 17.6. The lowest BCUT2D eigenvalue weighted by atomic mass is 9.99. The molecule has 2 atom stereocenters. The van der Waals surface area contributed by atoms with Crippen LogP contribution in [0.3, 0.4) is 0 Å². The second-order valence-electron chi connectivity index (χ2n) is 7.10. The zero-order valence-electron chi connectivity index (χ0n) is 15.0. The maximum atomic E-state index is 6.62. The Bertz CT molecular complexity index is 416. The molecule has 0 N–H and O–H groups in total. The van der Waals surface area contributed by atoms with Gasteiger partial charge in [0, 0.05) is 11.1 Å². The van der Waals surface area contributed by atoms with E-state index in [2.05, 4.69) is 62.8 Å². The highest BCUT2D eigenvalue weighted by Gasteiger charge is 2.45. The first-order valence-corrected chi connectivity index (χ1v) is 11.7. The maximum Gasteiger partial charge on any atom is 0.193 e. The predicted octanol–water partition coefficient (Wildman–Crippen LogP) is 5.24. The summed E-state index contributed by atoms with van der Waals surface area (Å²) in [4.78, 5) is 0. The molecule has 5 heteroatoms. The fraction of sp³-hybridized carbons (Fsp3) is 0.765. The zero-order chi connectivity index (χ0) is 17.0. The molecule has 0 bridgehead atoms. The summed E-state index contributed by atoms with van der Waals surface area (Å²) in [5.41, 5.74) is 0. The third-order valence-corrected chi connectivity index (χ3v) is 10.3. The Labute approximate surface area is 145 Å². The van der Waals surface area contributed by atoms with Gasteiger partial charge in [-0.25, -0.2) is 0 Å². The van der Waals surface area contributed by atoms with Crippen molar-refractivity contribution in [2.45, 2.75) is 65.0 Å². The Morgan fingerprint density at radius 2 is 1.95 bits per heavy atom. The van der Waals surface area contributed by atoms with E-state index in [9.17, 15) is 0 Å². The predicted molar refractivity (Wildman–Crippen MR) is 98.8 cm³/mol. The number of rotatable bonds is 8. The molecule has 1 rings (SSSR count). The molecule has 0 radical (unpaired) electrons. The molecule has 3 nitrogen and oxygen atoms in total. The van der Waals surface area contributed by atoms with E-state index in [1.807, 2.05) is 19.1 Å². The minimum atomic E-state index is -1.92. The molecule has 1 aliphatic rings. The quantitative estimate of drug-likeness (QED) is 0.322. The van der Waals surface area contributed by atoms with Crippen molar-refractivity contribution in [2.24, 2.45) is 5.92 Å². The Kier molecular flexibility index (Phi) is 7.53. The molecule has 1 aliphatic carbocycles. The van der Waals surface area contributed by atoms with Crippen LogP contribution in [0, 0.1) is 5.92 Å². The van der Waals surface area contributed by atoms with E-state index in [1.165, 1.54) is 0 Å². The van der Waals surface area contributed by atoms with Crippen molar-refractivity contribution in [3.8, 4) is 0 Å². The lowest BCUT2D eigenvalue weighted by Crippen LogP contribution is -2.50. The highest BCUT2D eigenvalue weighted by atomic mass is 79.9. The average molecular weight is 391 g/mol. The standard InChI is InChI=1S/C17H31BrO3Si/c1-8-19-12-20-16-14(18)10-9-11-15(16)21-22(6,7)17(4,5)13(2)3/h9-11,13,15-16H,8,12H2,1-7H3/t15-,16+/m0/s1. The summed E-state index contributed by atoms with van der Waals surface area (Å²) in [5, 5.41) is 0.180. The van der Waals surface area contributed by atoms with Crippen molar-refractivity contribution < 1.29 is 13.9 Å². The van der Waals surface area contributed by atoms with E-state index in [4.69, 9.17) is 13.9 Å². The molecule has 0 aromatic rings. The van der Waals surface area contributed by atoms with Gasteiger partial charge in [-0.1, -0.05) is 55.8 Å². The summed E-state index contributed by atoms with van der Waals surface area (Å²) in [6, 6.07) is 0. The van der Waals surface area contributed by atoms with E-state index in [1.54, 1.807) is 0 Å². The van der Waals surface area contributed by atoms with E-state index in [-0.39, 0.29) is 24.0 Å². The number of halogens is 1. The van der Waals surface area contributed by atoms with Gasteiger partial charge in [-0.3, -0.25) is 0 Å². The Morgan fingerprint density at radius 1 is 1.32 bits per heavy atom. The van der Waals surface area contributed by atoms with Gasteiger partial charge in [0.05, 0.1) is 6.10 Å². The minimum absolute atomic E-state index is 0.0699.